The van der Waals surface area contributed by atoms with Crippen molar-refractivity contribution in [1.29, 1.82) is 0 Å². The lowest BCUT2D eigenvalue weighted by Crippen LogP contribution is -2.50. The molecule has 0 bridgehead atoms. The Morgan fingerprint density at radius 3 is 2.40 bits per heavy atom. The number of morpholine rings is 1. The van der Waals surface area contributed by atoms with Crippen molar-refractivity contribution in [2.45, 2.75) is 44.9 Å². The van der Waals surface area contributed by atoms with Crippen LogP contribution in [0.25, 0.3) is 0 Å². The highest BCUT2D eigenvalue weighted by Gasteiger charge is 2.44. The number of amides is 3. The van der Waals surface area contributed by atoms with Gasteiger partial charge in [0.05, 0.1) is 26.4 Å². The van der Waals surface area contributed by atoms with Crippen LogP contribution in [0.1, 0.15) is 27.2 Å². The SMILES string of the molecule is COC(=O)CN(C(=O)[C@H]1C[C@@H](OC)CN1C(=O)OC(C)(C)C)c1ccc(N2CCOCC2=O)cc1. The summed E-state index contributed by atoms with van der Waals surface area (Å²) in [4.78, 5) is 55.1. The normalized spacial score (nSPS) is 20.5. The van der Waals surface area contributed by atoms with Crippen molar-refractivity contribution in [2.75, 3.05) is 56.9 Å². The van der Waals surface area contributed by atoms with E-state index in [1.54, 1.807) is 49.9 Å². The minimum atomic E-state index is -0.889. The third kappa shape index (κ3) is 6.49. The fourth-order valence-electron chi connectivity index (χ4n) is 4.00. The molecule has 0 N–H and O–H groups in total. The summed E-state index contributed by atoms with van der Waals surface area (Å²) < 4.78 is 20.9. The van der Waals surface area contributed by atoms with E-state index in [-0.39, 0.29) is 38.1 Å². The third-order valence-electron chi connectivity index (χ3n) is 5.75. The summed E-state index contributed by atoms with van der Waals surface area (Å²) in [6, 6.07) is 5.82. The average molecular weight is 492 g/mol. The van der Waals surface area contributed by atoms with E-state index in [1.807, 2.05) is 0 Å². The first-order valence-corrected chi connectivity index (χ1v) is 11.4. The number of rotatable bonds is 6. The Bertz CT molecular complexity index is 943. The Kier molecular flexibility index (Phi) is 8.34. The van der Waals surface area contributed by atoms with Gasteiger partial charge < -0.3 is 23.8 Å². The van der Waals surface area contributed by atoms with Gasteiger partial charge in [0.15, 0.2) is 0 Å². The van der Waals surface area contributed by atoms with Crippen molar-refractivity contribution in [3.8, 4) is 0 Å². The van der Waals surface area contributed by atoms with E-state index in [9.17, 15) is 19.2 Å². The maximum absolute atomic E-state index is 13.7. The molecule has 0 spiro atoms. The van der Waals surface area contributed by atoms with Gasteiger partial charge in [-0.15, -0.1) is 0 Å². The Labute approximate surface area is 204 Å². The number of likely N-dealkylation sites (tertiary alicyclic amines) is 1. The molecule has 35 heavy (non-hydrogen) atoms. The predicted molar refractivity (Wildman–Crippen MR) is 126 cm³/mol. The van der Waals surface area contributed by atoms with E-state index in [1.165, 1.54) is 24.0 Å². The Morgan fingerprint density at radius 2 is 1.83 bits per heavy atom. The van der Waals surface area contributed by atoms with Crippen molar-refractivity contribution in [2.24, 2.45) is 0 Å². The van der Waals surface area contributed by atoms with Crippen molar-refractivity contribution in [1.82, 2.24) is 4.90 Å². The molecule has 2 saturated heterocycles. The molecule has 2 aliphatic rings. The summed E-state index contributed by atoms with van der Waals surface area (Å²) in [5.41, 5.74) is 0.340. The molecule has 1 aromatic rings. The maximum atomic E-state index is 13.7. The second-order valence-corrected chi connectivity index (χ2v) is 9.36. The van der Waals surface area contributed by atoms with Gasteiger partial charge in [-0.25, -0.2) is 4.79 Å². The summed E-state index contributed by atoms with van der Waals surface area (Å²) >= 11 is 0. The zero-order chi connectivity index (χ0) is 25.8. The smallest absolute Gasteiger partial charge is 0.411 e. The van der Waals surface area contributed by atoms with Crippen molar-refractivity contribution in [3.63, 3.8) is 0 Å². The molecule has 2 heterocycles. The van der Waals surface area contributed by atoms with Gasteiger partial charge in [-0.3, -0.25) is 24.2 Å². The van der Waals surface area contributed by atoms with Gasteiger partial charge in [0.25, 0.3) is 11.8 Å². The zero-order valence-electron chi connectivity index (χ0n) is 20.8. The van der Waals surface area contributed by atoms with E-state index in [0.717, 1.165) is 0 Å². The number of benzene rings is 1. The molecule has 0 unspecified atom stereocenters. The molecule has 2 fully saturated rings. The highest BCUT2D eigenvalue weighted by atomic mass is 16.6. The van der Waals surface area contributed by atoms with Crippen LogP contribution in [-0.4, -0.2) is 93.6 Å². The van der Waals surface area contributed by atoms with E-state index in [2.05, 4.69) is 0 Å². The molecule has 11 nitrogen and oxygen atoms in total. The Hall–Kier alpha value is -3.18. The van der Waals surface area contributed by atoms with Crippen LogP contribution in [0.5, 0.6) is 0 Å². The van der Waals surface area contributed by atoms with Crippen LogP contribution in [0.2, 0.25) is 0 Å². The molecule has 0 saturated carbocycles. The highest BCUT2D eigenvalue weighted by molar-refractivity contribution is 6.02. The summed E-state index contributed by atoms with van der Waals surface area (Å²) in [7, 11) is 2.75. The Balaban J connectivity index is 1.87. The van der Waals surface area contributed by atoms with Crippen molar-refractivity contribution < 1.29 is 38.1 Å². The topological polar surface area (TPSA) is 115 Å². The van der Waals surface area contributed by atoms with Gasteiger partial charge in [-0.1, -0.05) is 0 Å². The third-order valence-corrected chi connectivity index (χ3v) is 5.75. The number of esters is 1. The number of methoxy groups -OCH3 is 2. The number of hydrogen-bond donors (Lipinski definition) is 0. The zero-order valence-corrected chi connectivity index (χ0v) is 20.8. The van der Waals surface area contributed by atoms with Gasteiger partial charge in [0.1, 0.15) is 24.8 Å². The standard InChI is InChI=1S/C24H33N3O8/c1-24(2,3)35-23(31)27-13-18(32-4)12-19(27)22(30)26(14-21(29)33-5)17-8-6-16(7-9-17)25-10-11-34-15-20(25)28/h6-9,18-19H,10-15H2,1-5H3/t18-,19-/m1/s1. The highest BCUT2D eigenvalue weighted by Crippen LogP contribution is 2.28. The summed E-state index contributed by atoms with van der Waals surface area (Å²) in [5, 5.41) is 0. The van der Waals surface area contributed by atoms with E-state index in [0.29, 0.717) is 24.5 Å². The molecular weight excluding hydrogens is 458 g/mol. The molecule has 3 amide bonds. The molecule has 11 heteroatoms. The quantitative estimate of drug-likeness (QED) is 0.551. The fourth-order valence-corrected chi connectivity index (χ4v) is 4.00. The van der Waals surface area contributed by atoms with Gasteiger partial charge in [0.2, 0.25) is 0 Å². The maximum Gasteiger partial charge on any atom is 0.411 e. The molecule has 3 rings (SSSR count). The molecule has 0 aliphatic carbocycles. The number of carbonyl (C=O) groups is 4. The summed E-state index contributed by atoms with van der Waals surface area (Å²) in [6.07, 6.45) is -0.729. The molecule has 0 radical (unpaired) electrons. The average Bonchev–Trinajstić information content (AvgIpc) is 3.26. The van der Waals surface area contributed by atoms with Gasteiger partial charge in [0, 0.05) is 31.5 Å². The fraction of sp³-hybridized carbons (Fsp3) is 0.583. The van der Waals surface area contributed by atoms with Crippen LogP contribution in [-0.2, 0) is 33.3 Å². The summed E-state index contributed by atoms with van der Waals surface area (Å²) in [6.45, 7) is 5.95. The van der Waals surface area contributed by atoms with Crippen LogP contribution < -0.4 is 9.80 Å². The first-order chi connectivity index (χ1) is 16.5. The monoisotopic (exact) mass is 491 g/mol. The number of anilines is 2. The largest absolute Gasteiger partial charge is 0.468 e. The number of hydrogen-bond acceptors (Lipinski definition) is 8. The molecular formula is C24H33N3O8. The van der Waals surface area contributed by atoms with E-state index >= 15 is 0 Å². The minimum Gasteiger partial charge on any atom is -0.468 e. The second-order valence-electron chi connectivity index (χ2n) is 9.36. The van der Waals surface area contributed by atoms with E-state index in [4.69, 9.17) is 18.9 Å². The van der Waals surface area contributed by atoms with Gasteiger partial charge in [-0.05, 0) is 45.0 Å². The Morgan fingerprint density at radius 1 is 1.14 bits per heavy atom. The summed E-state index contributed by atoms with van der Waals surface area (Å²) in [5.74, 6) is -1.23. The van der Waals surface area contributed by atoms with Crippen LogP contribution in [0.3, 0.4) is 0 Å². The lowest BCUT2D eigenvalue weighted by molar-refractivity contribution is -0.140. The second kappa shape index (κ2) is 11.0. The van der Waals surface area contributed by atoms with Gasteiger partial charge in [-0.2, -0.15) is 0 Å². The van der Waals surface area contributed by atoms with E-state index < -0.39 is 29.6 Å². The van der Waals surface area contributed by atoms with Crippen LogP contribution >= 0.6 is 0 Å². The molecule has 2 atom stereocenters. The molecule has 192 valence electrons. The number of carbonyl (C=O) groups excluding carboxylic acids is 4. The number of ether oxygens (including phenoxy) is 4. The van der Waals surface area contributed by atoms with Crippen molar-refractivity contribution >= 4 is 35.3 Å². The van der Waals surface area contributed by atoms with Crippen LogP contribution in [0.15, 0.2) is 24.3 Å². The van der Waals surface area contributed by atoms with Crippen molar-refractivity contribution in [3.05, 3.63) is 24.3 Å². The first-order valence-electron chi connectivity index (χ1n) is 11.4. The van der Waals surface area contributed by atoms with Crippen LogP contribution in [0.4, 0.5) is 16.2 Å². The van der Waals surface area contributed by atoms with Gasteiger partial charge >= 0.3 is 12.1 Å². The lowest BCUT2D eigenvalue weighted by atomic mass is 10.1. The molecule has 0 aromatic heterocycles. The number of nitrogens with zero attached hydrogens (tertiary/aromatic N) is 3. The minimum absolute atomic E-state index is 0.0115. The van der Waals surface area contributed by atoms with Crippen LogP contribution in [0, 0.1) is 0 Å². The lowest BCUT2D eigenvalue weighted by Gasteiger charge is -2.31. The molecule has 1 aromatic carbocycles. The predicted octanol–water partition coefficient (Wildman–Crippen LogP) is 1.58. The first kappa shape index (κ1) is 26.4. The molecule has 2 aliphatic heterocycles.